The molecular formula is C16H11Cl2NO4S. The van der Waals surface area contributed by atoms with Gasteiger partial charge in [-0.05, 0) is 30.3 Å². The summed E-state index contributed by atoms with van der Waals surface area (Å²) in [6.07, 6.45) is 0. The minimum Gasteiger partial charge on any atom is -0.505 e. The number of carbonyl (C=O) groups excluding carboxylic acids is 1. The number of ketones is 1. The average Bonchev–Trinajstić information content (AvgIpc) is 2.56. The van der Waals surface area contributed by atoms with Crippen molar-refractivity contribution in [2.24, 2.45) is 0 Å². The molecule has 0 spiro atoms. The second kappa shape index (κ2) is 5.81. The molecule has 1 N–H and O–H groups in total. The highest BCUT2D eigenvalue weighted by molar-refractivity contribution is 7.89. The maximum Gasteiger partial charge on any atom is 0.265 e. The van der Waals surface area contributed by atoms with Gasteiger partial charge in [0.25, 0.3) is 10.0 Å². The number of hydrogen-bond acceptors (Lipinski definition) is 4. The smallest absolute Gasteiger partial charge is 0.265 e. The predicted octanol–water partition coefficient (Wildman–Crippen LogP) is 3.74. The summed E-state index contributed by atoms with van der Waals surface area (Å²) in [4.78, 5) is 12.6. The van der Waals surface area contributed by atoms with Gasteiger partial charge in [-0.1, -0.05) is 35.3 Å². The molecule has 0 saturated carbocycles. The zero-order valence-electron chi connectivity index (χ0n) is 12.3. The van der Waals surface area contributed by atoms with E-state index in [0.29, 0.717) is 0 Å². The number of benzene rings is 2. The molecule has 124 valence electrons. The average molecular weight is 384 g/mol. The molecule has 1 heterocycles. The van der Waals surface area contributed by atoms with Gasteiger partial charge in [-0.15, -0.1) is 0 Å². The Balaban J connectivity index is 2.28. The molecule has 3 rings (SSSR count). The third kappa shape index (κ3) is 2.47. The van der Waals surface area contributed by atoms with Gasteiger partial charge < -0.3 is 5.11 Å². The summed E-state index contributed by atoms with van der Waals surface area (Å²) in [6.45, 7) is 0. The van der Waals surface area contributed by atoms with Crippen LogP contribution in [0.5, 0.6) is 0 Å². The molecule has 8 heteroatoms. The second-order valence-corrected chi connectivity index (χ2v) is 7.88. The number of rotatable bonds is 1. The van der Waals surface area contributed by atoms with Gasteiger partial charge in [-0.2, -0.15) is 0 Å². The van der Waals surface area contributed by atoms with E-state index < -0.39 is 21.6 Å². The van der Waals surface area contributed by atoms with Crippen molar-refractivity contribution >= 4 is 44.8 Å². The van der Waals surface area contributed by atoms with E-state index in [4.69, 9.17) is 23.2 Å². The Morgan fingerprint density at radius 3 is 2.42 bits per heavy atom. The number of sulfonamides is 1. The van der Waals surface area contributed by atoms with Crippen LogP contribution in [0.1, 0.15) is 15.9 Å². The zero-order valence-corrected chi connectivity index (χ0v) is 14.7. The highest BCUT2D eigenvalue weighted by Gasteiger charge is 2.39. The van der Waals surface area contributed by atoms with E-state index in [1.807, 2.05) is 0 Å². The molecule has 0 bridgehead atoms. The molecule has 0 aromatic heterocycles. The van der Waals surface area contributed by atoms with Crippen molar-refractivity contribution in [2.45, 2.75) is 4.90 Å². The summed E-state index contributed by atoms with van der Waals surface area (Å²) in [6, 6.07) is 10.1. The Morgan fingerprint density at radius 1 is 1.08 bits per heavy atom. The Kier molecular flexibility index (Phi) is 4.07. The summed E-state index contributed by atoms with van der Waals surface area (Å²) in [7, 11) is -2.72. The van der Waals surface area contributed by atoms with Crippen LogP contribution in [0.3, 0.4) is 0 Å². The number of Topliss-reactive ketones (excluding diaryl/α,β-unsaturated/α-hetero) is 1. The minimum absolute atomic E-state index is 0.0113. The standard InChI is InChI=1S/C16H11Cl2NO4S/c1-19-14(15(20)9-6-7-11(17)12(18)8-9)16(21)10-4-2-3-5-13(10)24(19,22)23/h2-8,20H,1H3. The number of aliphatic hydroxyl groups is 1. The van der Waals surface area contributed by atoms with Gasteiger partial charge in [-0.25, -0.2) is 8.42 Å². The summed E-state index contributed by atoms with van der Waals surface area (Å²) >= 11 is 11.8. The van der Waals surface area contributed by atoms with Crippen LogP contribution >= 0.6 is 23.2 Å². The van der Waals surface area contributed by atoms with Gasteiger partial charge in [0.2, 0.25) is 5.78 Å². The van der Waals surface area contributed by atoms with Gasteiger partial charge in [0, 0.05) is 18.2 Å². The lowest BCUT2D eigenvalue weighted by molar-refractivity contribution is 0.100. The topological polar surface area (TPSA) is 74.7 Å². The molecule has 0 fully saturated rings. The first-order valence-corrected chi connectivity index (χ1v) is 8.96. The van der Waals surface area contributed by atoms with E-state index in [9.17, 15) is 18.3 Å². The monoisotopic (exact) mass is 383 g/mol. The van der Waals surface area contributed by atoms with Gasteiger partial charge >= 0.3 is 0 Å². The van der Waals surface area contributed by atoms with Crippen LogP contribution < -0.4 is 0 Å². The van der Waals surface area contributed by atoms with Crippen LogP contribution in [0.25, 0.3) is 5.76 Å². The molecular weight excluding hydrogens is 373 g/mol. The fourth-order valence-corrected chi connectivity index (χ4v) is 4.15. The van der Waals surface area contributed by atoms with Crippen molar-refractivity contribution in [1.29, 1.82) is 0 Å². The normalized spacial score (nSPS) is 18.3. The Morgan fingerprint density at radius 2 is 1.75 bits per heavy atom. The third-order valence-corrected chi connectivity index (χ3v) is 6.27. The number of likely N-dealkylation sites (N-methyl/N-ethyl adjacent to an activating group) is 1. The van der Waals surface area contributed by atoms with Gasteiger partial charge in [0.1, 0.15) is 5.70 Å². The Labute approximate surface area is 148 Å². The predicted molar refractivity (Wildman–Crippen MR) is 91.7 cm³/mol. The summed E-state index contributed by atoms with van der Waals surface area (Å²) in [5, 5.41) is 11.0. The lowest BCUT2D eigenvalue weighted by Crippen LogP contribution is -2.37. The third-order valence-electron chi connectivity index (χ3n) is 3.72. The van der Waals surface area contributed by atoms with Crippen LogP contribution in [0.4, 0.5) is 0 Å². The fourth-order valence-electron chi connectivity index (χ4n) is 2.45. The molecule has 1 aliphatic rings. The highest BCUT2D eigenvalue weighted by atomic mass is 35.5. The Hall–Kier alpha value is -2.02. The summed E-state index contributed by atoms with van der Waals surface area (Å²) < 4.78 is 26.0. The van der Waals surface area contributed by atoms with Crippen molar-refractivity contribution in [3.8, 4) is 0 Å². The SMILES string of the molecule is CN1C(=C(O)c2ccc(Cl)c(Cl)c2)C(=O)c2ccccc2S1(=O)=O. The van der Waals surface area contributed by atoms with Gasteiger partial charge in [0.15, 0.2) is 5.76 Å². The number of fused-ring (bicyclic) bond motifs is 1. The number of aliphatic hydroxyl groups excluding tert-OH is 1. The molecule has 2 aromatic rings. The Bertz CT molecular complexity index is 999. The van der Waals surface area contributed by atoms with E-state index in [1.54, 1.807) is 6.07 Å². The molecule has 0 atom stereocenters. The lowest BCUT2D eigenvalue weighted by atomic mass is 10.0. The fraction of sp³-hybridized carbons (Fsp3) is 0.0625. The largest absolute Gasteiger partial charge is 0.505 e. The van der Waals surface area contributed by atoms with Crippen LogP contribution in [-0.2, 0) is 10.0 Å². The van der Waals surface area contributed by atoms with E-state index in [0.717, 1.165) is 4.31 Å². The van der Waals surface area contributed by atoms with Gasteiger partial charge in [0.05, 0.1) is 14.9 Å². The maximum absolute atomic E-state index is 12.7. The number of carbonyl (C=O) groups is 1. The van der Waals surface area contributed by atoms with Crippen LogP contribution in [0.15, 0.2) is 53.1 Å². The van der Waals surface area contributed by atoms with E-state index >= 15 is 0 Å². The molecule has 0 aliphatic carbocycles. The molecule has 0 radical (unpaired) electrons. The number of halogens is 2. The number of nitrogens with zero attached hydrogens (tertiary/aromatic N) is 1. The molecule has 0 saturated heterocycles. The molecule has 24 heavy (non-hydrogen) atoms. The highest BCUT2D eigenvalue weighted by Crippen LogP contribution is 2.35. The first-order chi connectivity index (χ1) is 11.2. The van der Waals surface area contributed by atoms with Crippen molar-refractivity contribution in [3.63, 3.8) is 0 Å². The quantitative estimate of drug-likeness (QED) is 0.601. The maximum atomic E-state index is 12.7. The second-order valence-electron chi connectivity index (χ2n) is 5.12. The first-order valence-electron chi connectivity index (χ1n) is 6.76. The van der Waals surface area contributed by atoms with Crippen molar-refractivity contribution in [2.75, 3.05) is 7.05 Å². The zero-order chi connectivity index (χ0) is 17.6. The summed E-state index contributed by atoms with van der Waals surface area (Å²) in [5.74, 6) is -1.08. The van der Waals surface area contributed by atoms with Crippen LogP contribution in [-0.4, -0.2) is 30.7 Å². The van der Waals surface area contributed by atoms with Gasteiger partial charge in [-0.3, -0.25) is 9.10 Å². The lowest BCUT2D eigenvalue weighted by Gasteiger charge is -2.28. The van der Waals surface area contributed by atoms with Crippen molar-refractivity contribution in [3.05, 3.63) is 69.3 Å². The molecule has 2 aromatic carbocycles. The molecule has 1 aliphatic heterocycles. The van der Waals surface area contributed by atoms with E-state index in [1.165, 1.54) is 43.4 Å². The van der Waals surface area contributed by atoms with E-state index in [-0.39, 0.29) is 31.8 Å². The minimum atomic E-state index is -3.94. The van der Waals surface area contributed by atoms with Crippen LogP contribution in [0.2, 0.25) is 10.0 Å². The van der Waals surface area contributed by atoms with Crippen molar-refractivity contribution < 1.29 is 18.3 Å². The number of allylic oxidation sites excluding steroid dienone is 1. The molecule has 5 nitrogen and oxygen atoms in total. The van der Waals surface area contributed by atoms with E-state index in [2.05, 4.69) is 0 Å². The number of hydrogen-bond donors (Lipinski definition) is 1. The summed E-state index contributed by atoms with van der Waals surface area (Å²) in [5.41, 5.74) is -0.140. The van der Waals surface area contributed by atoms with Crippen molar-refractivity contribution in [1.82, 2.24) is 4.31 Å². The molecule has 0 unspecified atom stereocenters. The first kappa shape index (κ1) is 16.8. The van der Waals surface area contributed by atoms with Crippen LogP contribution in [0, 0.1) is 0 Å². The molecule has 0 amide bonds.